The van der Waals surface area contributed by atoms with Gasteiger partial charge >= 0.3 is 0 Å². The maximum Gasteiger partial charge on any atom is 0.148 e. The fourth-order valence-electron chi connectivity index (χ4n) is 1.63. The molecule has 2 heterocycles. The molecule has 2 aromatic heterocycles. The molecule has 0 unspecified atom stereocenters. The molecule has 0 aliphatic carbocycles. The lowest BCUT2D eigenvalue weighted by atomic mass is 9.91. The Labute approximate surface area is 89.0 Å². The summed E-state index contributed by atoms with van der Waals surface area (Å²) in [6.45, 7) is 6.20. The fourth-order valence-corrected chi connectivity index (χ4v) is 1.63. The van der Waals surface area contributed by atoms with Gasteiger partial charge in [0.1, 0.15) is 17.4 Å². The summed E-state index contributed by atoms with van der Waals surface area (Å²) in [5.74, 6) is 0. The van der Waals surface area contributed by atoms with Crippen molar-refractivity contribution in [2.45, 2.75) is 26.2 Å². The molecule has 0 bridgehead atoms. The number of rotatable bonds is 0. The molecule has 0 aliphatic rings. The zero-order valence-corrected chi connectivity index (χ0v) is 9.15. The van der Waals surface area contributed by atoms with E-state index in [0.29, 0.717) is 5.69 Å². The Balaban J connectivity index is 2.83. The van der Waals surface area contributed by atoms with Gasteiger partial charge in [-0.1, -0.05) is 26.8 Å². The van der Waals surface area contributed by atoms with Gasteiger partial charge in [-0.25, -0.2) is 4.98 Å². The summed E-state index contributed by atoms with van der Waals surface area (Å²) >= 11 is 0. The van der Waals surface area contributed by atoms with Crippen molar-refractivity contribution in [2.75, 3.05) is 0 Å². The van der Waals surface area contributed by atoms with Crippen LogP contribution in [-0.2, 0) is 5.41 Å². The largest absolute Gasteiger partial charge is 0.291 e. The summed E-state index contributed by atoms with van der Waals surface area (Å²) in [4.78, 5) is 4.50. The van der Waals surface area contributed by atoms with Crippen LogP contribution in [0.4, 0.5) is 0 Å². The van der Waals surface area contributed by atoms with E-state index in [9.17, 15) is 0 Å². The van der Waals surface area contributed by atoms with Crippen LogP contribution in [0.5, 0.6) is 0 Å². The van der Waals surface area contributed by atoms with Crippen molar-refractivity contribution in [3.63, 3.8) is 0 Å². The molecular formula is C12H13N3. The standard InChI is InChI=1S/C12H13N3/c1-12(2,3)11-9(8-13)15-7-5-4-6-10(15)14-11/h4-7H,1-3H3. The molecule has 0 saturated heterocycles. The van der Waals surface area contributed by atoms with Crippen LogP contribution in [0.2, 0.25) is 0 Å². The second-order valence-electron chi connectivity index (χ2n) is 4.60. The van der Waals surface area contributed by atoms with Crippen LogP contribution in [0.3, 0.4) is 0 Å². The number of hydrogen-bond acceptors (Lipinski definition) is 2. The van der Waals surface area contributed by atoms with Crippen molar-refractivity contribution < 1.29 is 0 Å². The Kier molecular flexibility index (Phi) is 2.01. The Morgan fingerprint density at radius 3 is 2.67 bits per heavy atom. The molecule has 0 amide bonds. The smallest absolute Gasteiger partial charge is 0.148 e. The molecule has 0 spiro atoms. The second-order valence-corrected chi connectivity index (χ2v) is 4.60. The summed E-state index contributed by atoms with van der Waals surface area (Å²) < 4.78 is 1.83. The molecule has 3 heteroatoms. The van der Waals surface area contributed by atoms with Crippen molar-refractivity contribution in [3.8, 4) is 6.07 Å². The minimum Gasteiger partial charge on any atom is -0.291 e. The lowest BCUT2D eigenvalue weighted by molar-refractivity contribution is 0.571. The van der Waals surface area contributed by atoms with E-state index in [0.717, 1.165) is 11.3 Å². The van der Waals surface area contributed by atoms with Crippen molar-refractivity contribution in [1.82, 2.24) is 9.38 Å². The number of nitrogens with zero attached hydrogens (tertiary/aromatic N) is 3. The predicted octanol–water partition coefficient (Wildman–Crippen LogP) is 2.50. The van der Waals surface area contributed by atoms with Gasteiger partial charge in [0.15, 0.2) is 0 Å². The van der Waals surface area contributed by atoms with Crippen molar-refractivity contribution in [1.29, 1.82) is 5.26 Å². The van der Waals surface area contributed by atoms with Gasteiger partial charge in [0, 0.05) is 11.6 Å². The first kappa shape index (κ1) is 9.72. The van der Waals surface area contributed by atoms with Gasteiger partial charge in [-0.3, -0.25) is 4.40 Å². The zero-order valence-electron chi connectivity index (χ0n) is 9.15. The van der Waals surface area contributed by atoms with Gasteiger partial charge in [0.25, 0.3) is 0 Å². The molecule has 2 rings (SSSR count). The molecule has 0 atom stereocenters. The topological polar surface area (TPSA) is 41.1 Å². The molecule has 0 aromatic carbocycles. The van der Waals surface area contributed by atoms with Crippen LogP contribution in [0.1, 0.15) is 32.2 Å². The van der Waals surface area contributed by atoms with E-state index in [1.807, 2.05) is 28.8 Å². The van der Waals surface area contributed by atoms with E-state index < -0.39 is 0 Å². The molecule has 15 heavy (non-hydrogen) atoms. The first-order valence-electron chi connectivity index (χ1n) is 4.91. The zero-order chi connectivity index (χ0) is 11.1. The normalized spacial score (nSPS) is 11.6. The van der Waals surface area contributed by atoms with Crippen LogP contribution in [0.25, 0.3) is 5.65 Å². The number of pyridine rings is 1. The quantitative estimate of drug-likeness (QED) is 0.654. The van der Waals surface area contributed by atoms with Gasteiger partial charge < -0.3 is 0 Å². The molecule has 2 aromatic rings. The third-order valence-electron chi connectivity index (χ3n) is 2.35. The highest BCUT2D eigenvalue weighted by molar-refractivity contribution is 5.48. The lowest BCUT2D eigenvalue weighted by Gasteiger charge is -2.15. The average molecular weight is 199 g/mol. The minimum absolute atomic E-state index is 0.100. The summed E-state index contributed by atoms with van der Waals surface area (Å²) in [7, 11) is 0. The SMILES string of the molecule is CC(C)(C)c1nc2ccccn2c1C#N. The van der Waals surface area contributed by atoms with Gasteiger partial charge in [-0.05, 0) is 12.1 Å². The number of nitriles is 1. The van der Waals surface area contributed by atoms with E-state index >= 15 is 0 Å². The first-order valence-corrected chi connectivity index (χ1v) is 4.91. The lowest BCUT2D eigenvalue weighted by Crippen LogP contribution is -2.13. The van der Waals surface area contributed by atoms with E-state index in [-0.39, 0.29) is 5.41 Å². The molecule has 0 fully saturated rings. The highest BCUT2D eigenvalue weighted by Crippen LogP contribution is 2.25. The summed E-state index contributed by atoms with van der Waals surface area (Å²) in [5, 5.41) is 9.16. The molecule has 76 valence electrons. The third kappa shape index (κ3) is 1.48. The van der Waals surface area contributed by atoms with Crippen LogP contribution < -0.4 is 0 Å². The maximum absolute atomic E-state index is 9.16. The molecule has 0 saturated carbocycles. The van der Waals surface area contributed by atoms with Gasteiger partial charge in [-0.2, -0.15) is 5.26 Å². The highest BCUT2D eigenvalue weighted by Gasteiger charge is 2.23. The number of aromatic nitrogens is 2. The van der Waals surface area contributed by atoms with Crippen LogP contribution in [0.15, 0.2) is 24.4 Å². The fraction of sp³-hybridized carbons (Fsp3) is 0.333. The number of hydrogen-bond donors (Lipinski definition) is 0. The summed E-state index contributed by atoms with van der Waals surface area (Å²) in [5.41, 5.74) is 2.23. The average Bonchev–Trinajstić information content (AvgIpc) is 2.55. The van der Waals surface area contributed by atoms with Crippen molar-refractivity contribution >= 4 is 5.65 Å². The summed E-state index contributed by atoms with van der Waals surface area (Å²) in [6, 6.07) is 7.97. The molecule has 0 N–H and O–H groups in total. The second kappa shape index (κ2) is 3.09. The Morgan fingerprint density at radius 2 is 2.07 bits per heavy atom. The molecule has 0 aliphatic heterocycles. The van der Waals surface area contributed by atoms with E-state index in [1.165, 1.54) is 0 Å². The third-order valence-corrected chi connectivity index (χ3v) is 2.35. The van der Waals surface area contributed by atoms with Crippen LogP contribution >= 0.6 is 0 Å². The van der Waals surface area contributed by atoms with E-state index in [1.54, 1.807) is 0 Å². The summed E-state index contributed by atoms with van der Waals surface area (Å²) in [6.07, 6.45) is 1.87. The Morgan fingerprint density at radius 1 is 1.33 bits per heavy atom. The molecule has 3 nitrogen and oxygen atoms in total. The van der Waals surface area contributed by atoms with Gasteiger partial charge in [0.05, 0.1) is 5.69 Å². The van der Waals surface area contributed by atoms with E-state index in [4.69, 9.17) is 5.26 Å². The van der Waals surface area contributed by atoms with Gasteiger partial charge in [-0.15, -0.1) is 0 Å². The Bertz CT molecular complexity index is 538. The minimum atomic E-state index is -0.100. The van der Waals surface area contributed by atoms with E-state index in [2.05, 4.69) is 31.8 Å². The first-order chi connectivity index (χ1) is 7.04. The van der Waals surface area contributed by atoms with Gasteiger partial charge in [0.2, 0.25) is 0 Å². The van der Waals surface area contributed by atoms with Crippen LogP contribution in [0, 0.1) is 11.3 Å². The van der Waals surface area contributed by atoms with Crippen molar-refractivity contribution in [2.24, 2.45) is 0 Å². The monoisotopic (exact) mass is 199 g/mol. The Hall–Kier alpha value is -1.82. The maximum atomic E-state index is 9.16. The van der Waals surface area contributed by atoms with Crippen LogP contribution in [-0.4, -0.2) is 9.38 Å². The molecular weight excluding hydrogens is 186 g/mol. The van der Waals surface area contributed by atoms with Crippen molar-refractivity contribution in [3.05, 3.63) is 35.8 Å². The number of imidazole rings is 1. The predicted molar refractivity (Wildman–Crippen MR) is 58.6 cm³/mol. The highest BCUT2D eigenvalue weighted by atomic mass is 15.0. The number of fused-ring (bicyclic) bond motifs is 1. The molecule has 0 radical (unpaired) electrons.